The van der Waals surface area contributed by atoms with Crippen LogP contribution in [-0.4, -0.2) is 51.1 Å². The van der Waals surface area contributed by atoms with E-state index in [4.69, 9.17) is 4.74 Å². The van der Waals surface area contributed by atoms with Crippen molar-refractivity contribution in [1.29, 1.82) is 0 Å². The fraction of sp³-hybridized carbons (Fsp3) is 0.238. The molecule has 146 valence electrons. The van der Waals surface area contributed by atoms with Gasteiger partial charge >= 0.3 is 0 Å². The number of methoxy groups -OCH3 is 1. The van der Waals surface area contributed by atoms with Gasteiger partial charge in [-0.05, 0) is 42.0 Å². The lowest BCUT2D eigenvalue weighted by Crippen LogP contribution is -2.35. The summed E-state index contributed by atoms with van der Waals surface area (Å²) in [5.41, 5.74) is 2.55. The minimum atomic E-state index is -0.432. The molecule has 0 bridgehead atoms. The number of rotatable bonds is 7. The highest BCUT2D eigenvalue weighted by Gasteiger charge is 2.38. The van der Waals surface area contributed by atoms with Crippen molar-refractivity contribution in [2.24, 2.45) is 0 Å². The summed E-state index contributed by atoms with van der Waals surface area (Å²) in [5.74, 6) is -1.27. The lowest BCUT2D eigenvalue weighted by atomic mass is 10.0. The molecule has 0 saturated heterocycles. The average molecular weight is 383 g/mol. The van der Waals surface area contributed by atoms with E-state index in [0.29, 0.717) is 11.3 Å². The van der Waals surface area contributed by atoms with Gasteiger partial charge < -0.3 is 15.0 Å². The Morgan fingerprint density at radius 3 is 2.21 bits per heavy atom. The maximum atomic E-state index is 13.3. The van der Waals surface area contributed by atoms with Crippen molar-refractivity contribution in [1.82, 2.24) is 4.90 Å². The smallest absolute Gasteiger partial charge is 0.278 e. The van der Waals surface area contributed by atoms with E-state index in [-0.39, 0.29) is 24.4 Å². The Hall–Kier alpha value is -3.19. The molecule has 1 aliphatic heterocycles. The number of amides is 2. The lowest BCUT2D eigenvalue weighted by Gasteiger charge is -2.15. The zero-order valence-electron chi connectivity index (χ0n) is 16.0. The number of imide groups is 1. The molecule has 1 heterocycles. The van der Waals surface area contributed by atoms with Crippen LogP contribution in [0.1, 0.15) is 5.56 Å². The van der Waals surface area contributed by atoms with Crippen molar-refractivity contribution in [2.75, 3.05) is 44.6 Å². The second-order valence-corrected chi connectivity index (χ2v) is 6.58. The highest BCUT2D eigenvalue weighted by molar-refractivity contribution is 6.36. The third-order valence-corrected chi connectivity index (χ3v) is 4.47. The van der Waals surface area contributed by atoms with E-state index in [9.17, 15) is 14.0 Å². The van der Waals surface area contributed by atoms with Crippen molar-refractivity contribution >= 4 is 28.8 Å². The fourth-order valence-corrected chi connectivity index (χ4v) is 2.95. The van der Waals surface area contributed by atoms with Gasteiger partial charge in [-0.3, -0.25) is 14.5 Å². The Morgan fingerprint density at radius 1 is 1.00 bits per heavy atom. The zero-order chi connectivity index (χ0) is 20.3. The summed E-state index contributed by atoms with van der Waals surface area (Å²) in [4.78, 5) is 28.9. The van der Waals surface area contributed by atoms with Crippen LogP contribution in [0.3, 0.4) is 0 Å². The molecule has 0 aliphatic carbocycles. The number of nitrogens with zero attached hydrogens (tertiary/aromatic N) is 2. The van der Waals surface area contributed by atoms with Crippen LogP contribution in [0.25, 0.3) is 5.57 Å². The maximum absolute atomic E-state index is 13.3. The molecule has 1 aliphatic rings. The fourth-order valence-electron chi connectivity index (χ4n) is 2.95. The van der Waals surface area contributed by atoms with Gasteiger partial charge in [-0.2, -0.15) is 0 Å². The molecule has 0 radical (unpaired) electrons. The predicted molar refractivity (Wildman–Crippen MR) is 106 cm³/mol. The Labute approximate surface area is 163 Å². The predicted octanol–water partition coefficient (Wildman–Crippen LogP) is 2.73. The van der Waals surface area contributed by atoms with E-state index in [1.165, 1.54) is 31.4 Å². The Morgan fingerprint density at radius 2 is 1.64 bits per heavy atom. The van der Waals surface area contributed by atoms with Crippen LogP contribution < -0.4 is 10.2 Å². The molecule has 2 amide bonds. The Bertz CT molecular complexity index is 905. The van der Waals surface area contributed by atoms with Crippen LogP contribution in [0.5, 0.6) is 0 Å². The summed E-state index contributed by atoms with van der Waals surface area (Å²) >= 11 is 0. The molecule has 0 spiro atoms. The monoisotopic (exact) mass is 383 g/mol. The first-order valence-electron chi connectivity index (χ1n) is 8.82. The van der Waals surface area contributed by atoms with E-state index >= 15 is 0 Å². The van der Waals surface area contributed by atoms with Gasteiger partial charge in [0.15, 0.2) is 0 Å². The van der Waals surface area contributed by atoms with Gasteiger partial charge in [-0.1, -0.05) is 12.1 Å². The number of hydrogen-bond donors (Lipinski definition) is 1. The third kappa shape index (κ3) is 3.89. The first-order chi connectivity index (χ1) is 13.4. The van der Waals surface area contributed by atoms with Gasteiger partial charge in [0, 0.05) is 32.6 Å². The number of carbonyl (C=O) groups is 2. The van der Waals surface area contributed by atoms with E-state index in [0.717, 1.165) is 10.6 Å². The highest BCUT2D eigenvalue weighted by atomic mass is 19.1. The number of anilines is 2. The first kappa shape index (κ1) is 19.6. The van der Waals surface area contributed by atoms with Crippen LogP contribution in [-0.2, 0) is 14.3 Å². The van der Waals surface area contributed by atoms with E-state index in [1.807, 2.05) is 43.3 Å². The summed E-state index contributed by atoms with van der Waals surface area (Å²) in [6.45, 7) is 0.378. The second-order valence-electron chi connectivity index (χ2n) is 6.58. The standard InChI is InChI=1S/C21H22FN3O3/c1-24(2)17-10-8-16(9-11-17)23-19-18(14-4-6-15(22)7-5-14)20(26)25(21(19)27)12-13-28-3/h4-11,23H,12-13H2,1-3H3. The molecule has 0 aromatic heterocycles. The van der Waals surface area contributed by atoms with Crippen molar-refractivity contribution in [3.05, 3.63) is 65.6 Å². The number of hydrogen-bond acceptors (Lipinski definition) is 5. The zero-order valence-corrected chi connectivity index (χ0v) is 16.0. The molecule has 0 unspecified atom stereocenters. The molecule has 0 fully saturated rings. The topological polar surface area (TPSA) is 61.9 Å². The Kier molecular flexibility index (Phi) is 5.75. The normalized spacial score (nSPS) is 14.1. The lowest BCUT2D eigenvalue weighted by molar-refractivity contribution is -0.137. The summed E-state index contributed by atoms with van der Waals surface area (Å²) in [5, 5.41) is 3.07. The summed E-state index contributed by atoms with van der Waals surface area (Å²) in [6, 6.07) is 13.0. The van der Waals surface area contributed by atoms with Crippen LogP contribution >= 0.6 is 0 Å². The van der Waals surface area contributed by atoms with E-state index in [2.05, 4.69) is 5.32 Å². The molecule has 7 heteroatoms. The first-order valence-corrected chi connectivity index (χ1v) is 8.82. The van der Waals surface area contributed by atoms with Gasteiger partial charge in [0.2, 0.25) is 0 Å². The van der Waals surface area contributed by atoms with Crippen molar-refractivity contribution in [3.63, 3.8) is 0 Å². The molecule has 1 N–H and O–H groups in total. The van der Waals surface area contributed by atoms with Gasteiger partial charge in [-0.15, -0.1) is 0 Å². The molecule has 3 rings (SSSR count). The third-order valence-electron chi connectivity index (χ3n) is 4.47. The van der Waals surface area contributed by atoms with Crippen molar-refractivity contribution < 1.29 is 18.7 Å². The molecule has 2 aromatic rings. The summed E-state index contributed by atoms with van der Waals surface area (Å²) in [6.07, 6.45) is 0. The largest absolute Gasteiger partial charge is 0.383 e. The van der Waals surface area contributed by atoms with Crippen molar-refractivity contribution in [3.8, 4) is 0 Å². The van der Waals surface area contributed by atoms with Crippen LogP contribution in [0.15, 0.2) is 54.2 Å². The maximum Gasteiger partial charge on any atom is 0.278 e. The number of nitrogens with one attached hydrogen (secondary N) is 1. The van der Waals surface area contributed by atoms with Crippen LogP contribution in [0, 0.1) is 5.82 Å². The molecule has 0 saturated carbocycles. The van der Waals surface area contributed by atoms with Gasteiger partial charge in [0.25, 0.3) is 11.8 Å². The van der Waals surface area contributed by atoms with Gasteiger partial charge in [0.05, 0.1) is 18.7 Å². The molecule has 28 heavy (non-hydrogen) atoms. The van der Waals surface area contributed by atoms with Gasteiger partial charge in [0.1, 0.15) is 11.5 Å². The van der Waals surface area contributed by atoms with Gasteiger partial charge in [-0.25, -0.2) is 4.39 Å². The number of halogens is 1. The average Bonchev–Trinajstić information content (AvgIpc) is 2.91. The molecule has 6 nitrogen and oxygen atoms in total. The van der Waals surface area contributed by atoms with Crippen LogP contribution in [0.4, 0.5) is 15.8 Å². The number of benzene rings is 2. The quantitative estimate of drug-likeness (QED) is 0.745. The molecular weight excluding hydrogens is 361 g/mol. The highest BCUT2D eigenvalue weighted by Crippen LogP contribution is 2.31. The SMILES string of the molecule is COCCN1C(=O)C(Nc2ccc(N(C)C)cc2)=C(c2ccc(F)cc2)C1=O. The minimum absolute atomic E-state index is 0.142. The second kappa shape index (κ2) is 8.22. The number of carbonyl (C=O) groups excluding carboxylic acids is 2. The summed E-state index contributed by atoms with van der Waals surface area (Å²) < 4.78 is 18.3. The molecule has 0 atom stereocenters. The summed E-state index contributed by atoms with van der Waals surface area (Å²) in [7, 11) is 5.37. The van der Waals surface area contributed by atoms with Crippen LogP contribution in [0.2, 0.25) is 0 Å². The number of ether oxygens (including phenoxy) is 1. The minimum Gasteiger partial charge on any atom is -0.383 e. The van der Waals surface area contributed by atoms with E-state index < -0.39 is 17.6 Å². The van der Waals surface area contributed by atoms with E-state index in [1.54, 1.807) is 0 Å². The Balaban J connectivity index is 1.98. The molecule has 2 aromatic carbocycles. The molecular formula is C21H22FN3O3. The van der Waals surface area contributed by atoms with Crippen molar-refractivity contribution in [2.45, 2.75) is 0 Å².